The van der Waals surface area contributed by atoms with Crippen LogP contribution < -0.4 is 35.0 Å². The molecule has 3 aromatic carbocycles. The Labute approximate surface area is 302 Å². The maximum absolute atomic E-state index is 16.9. The summed E-state index contributed by atoms with van der Waals surface area (Å²) in [5, 5.41) is 2.27. The fourth-order valence-electron chi connectivity index (χ4n) is 6.13. The van der Waals surface area contributed by atoms with Crippen LogP contribution in [-0.4, -0.2) is 62.9 Å². The zero-order chi connectivity index (χ0) is 37.3. The lowest BCUT2D eigenvalue weighted by Crippen LogP contribution is -2.46. The van der Waals surface area contributed by atoms with E-state index in [1.165, 1.54) is 33.4 Å². The van der Waals surface area contributed by atoms with E-state index in [2.05, 4.69) is 15.3 Å². The highest BCUT2D eigenvalue weighted by atomic mass is 35.5. The van der Waals surface area contributed by atoms with Gasteiger partial charge in [0.05, 0.1) is 42.5 Å². The molecular weight excluding hydrogens is 707 g/mol. The molecule has 4 aromatic rings. The van der Waals surface area contributed by atoms with Crippen LogP contribution in [0, 0.1) is 18.6 Å². The zero-order valence-corrected chi connectivity index (χ0v) is 29.8. The summed E-state index contributed by atoms with van der Waals surface area (Å²) >= 11 is 6.39. The van der Waals surface area contributed by atoms with Crippen molar-refractivity contribution in [2.24, 2.45) is 4.99 Å². The lowest BCUT2D eigenvalue weighted by Gasteiger charge is -2.27. The van der Waals surface area contributed by atoms with Crippen LogP contribution in [0.15, 0.2) is 71.0 Å². The van der Waals surface area contributed by atoms with Gasteiger partial charge in [0.1, 0.15) is 35.2 Å². The van der Waals surface area contributed by atoms with Gasteiger partial charge in [-0.3, -0.25) is 4.99 Å². The Bertz CT molecular complexity index is 2080. The van der Waals surface area contributed by atoms with Crippen molar-refractivity contribution in [1.29, 1.82) is 0 Å². The van der Waals surface area contributed by atoms with Crippen LogP contribution in [0.3, 0.4) is 0 Å². The molecular formula is C37H36ClF5N6O3. The predicted octanol–water partition coefficient (Wildman–Crippen LogP) is 6.12. The van der Waals surface area contributed by atoms with Gasteiger partial charge in [0, 0.05) is 26.2 Å². The number of halogens is 6. The number of aryl methyl sites for hydroxylation is 1. The van der Waals surface area contributed by atoms with Gasteiger partial charge in [-0.1, -0.05) is 24.3 Å². The van der Waals surface area contributed by atoms with E-state index in [-0.39, 0.29) is 52.8 Å². The number of nitrogens with zero attached hydrogens (tertiary/aromatic N) is 5. The molecule has 0 saturated heterocycles. The second-order valence-electron chi connectivity index (χ2n) is 12.5. The predicted molar refractivity (Wildman–Crippen MR) is 187 cm³/mol. The Balaban J connectivity index is 1.57. The molecule has 1 N–H and O–H groups in total. The van der Waals surface area contributed by atoms with Gasteiger partial charge in [-0.2, -0.15) is 13.2 Å². The van der Waals surface area contributed by atoms with Crippen molar-refractivity contribution in [2.45, 2.75) is 26.2 Å². The first-order valence-electron chi connectivity index (χ1n) is 16.2. The summed E-state index contributed by atoms with van der Waals surface area (Å²) in [6.45, 7) is 2.34. The van der Waals surface area contributed by atoms with Crippen molar-refractivity contribution in [3.63, 3.8) is 0 Å². The van der Waals surface area contributed by atoms with Crippen molar-refractivity contribution in [3.05, 3.63) is 110 Å². The van der Waals surface area contributed by atoms with Crippen LogP contribution in [0.1, 0.15) is 22.3 Å². The highest BCUT2D eigenvalue weighted by Crippen LogP contribution is 2.42. The molecule has 0 saturated carbocycles. The number of hydrogen-bond acceptors (Lipinski definition) is 9. The molecule has 0 aliphatic carbocycles. The van der Waals surface area contributed by atoms with E-state index in [1.807, 2.05) is 43.3 Å². The molecule has 0 radical (unpaired) electrons. The fourth-order valence-corrected chi connectivity index (χ4v) is 6.32. The van der Waals surface area contributed by atoms with Gasteiger partial charge >= 0.3 is 6.18 Å². The Morgan fingerprint density at radius 2 is 1.54 bits per heavy atom. The fraction of sp³-hybridized carbons (Fsp3) is 0.297. The van der Waals surface area contributed by atoms with E-state index in [9.17, 15) is 13.2 Å². The third kappa shape index (κ3) is 7.44. The number of ether oxygens (including phenoxy) is 3. The van der Waals surface area contributed by atoms with Crippen molar-refractivity contribution in [3.8, 4) is 28.5 Å². The molecule has 52 heavy (non-hydrogen) atoms. The summed E-state index contributed by atoms with van der Waals surface area (Å²) in [6.07, 6.45) is -3.64. The maximum atomic E-state index is 16.9. The molecule has 0 spiro atoms. The Morgan fingerprint density at radius 3 is 2.08 bits per heavy atom. The van der Waals surface area contributed by atoms with Crippen LogP contribution in [0.5, 0.6) is 17.2 Å². The van der Waals surface area contributed by atoms with E-state index in [4.69, 9.17) is 25.8 Å². The van der Waals surface area contributed by atoms with Crippen molar-refractivity contribution in [2.75, 3.05) is 53.0 Å². The average molecular weight is 743 g/mol. The van der Waals surface area contributed by atoms with Crippen LogP contribution in [0.4, 0.5) is 27.8 Å². The molecule has 274 valence electrons. The molecule has 9 nitrogen and oxygen atoms in total. The van der Waals surface area contributed by atoms with Gasteiger partial charge in [0.2, 0.25) is 5.22 Å². The maximum Gasteiger partial charge on any atom is 0.418 e. The second kappa shape index (κ2) is 14.9. The summed E-state index contributed by atoms with van der Waals surface area (Å²) in [6, 6.07) is 15.6. The van der Waals surface area contributed by atoms with E-state index < -0.39 is 40.4 Å². The minimum absolute atomic E-state index is 0.0501. The average Bonchev–Trinajstić information content (AvgIpc) is 3.25. The number of anilines is 1. The first kappa shape index (κ1) is 36.7. The molecule has 0 atom stereocenters. The normalized spacial score (nSPS) is 13.8. The van der Waals surface area contributed by atoms with Gasteiger partial charge in [-0.15, -0.1) is 0 Å². The van der Waals surface area contributed by atoms with Crippen molar-refractivity contribution >= 4 is 23.2 Å². The monoisotopic (exact) mass is 742 g/mol. The second-order valence-corrected chi connectivity index (χ2v) is 12.9. The number of alkyl halides is 3. The Morgan fingerprint density at radius 1 is 0.942 bits per heavy atom. The molecule has 15 heteroatoms. The van der Waals surface area contributed by atoms with Crippen LogP contribution in [0.25, 0.3) is 17.1 Å². The van der Waals surface area contributed by atoms with Crippen LogP contribution in [0.2, 0.25) is 0 Å². The minimum atomic E-state index is -5.04. The molecule has 0 bridgehead atoms. The number of hydrogen-bond donors (Lipinski definition) is 1. The van der Waals surface area contributed by atoms with E-state index in [0.717, 1.165) is 11.1 Å². The molecule has 6 rings (SSSR count). The number of pyridine rings is 1. The summed E-state index contributed by atoms with van der Waals surface area (Å²) in [5.41, 5.74) is -2.00. The summed E-state index contributed by atoms with van der Waals surface area (Å²) in [7, 11) is 6.79. The number of rotatable bonds is 11. The van der Waals surface area contributed by atoms with Crippen LogP contribution >= 0.6 is 11.6 Å². The molecule has 1 aromatic heterocycles. The van der Waals surface area contributed by atoms with E-state index >= 15 is 8.78 Å². The van der Waals surface area contributed by atoms with Crippen LogP contribution in [-0.2, 0) is 19.3 Å². The lowest BCUT2D eigenvalue weighted by molar-refractivity contribution is -0.137. The van der Waals surface area contributed by atoms with Gasteiger partial charge < -0.3 is 34.2 Å². The molecule has 2 aliphatic rings. The summed E-state index contributed by atoms with van der Waals surface area (Å²) in [5.74, 6) is -1.75. The summed E-state index contributed by atoms with van der Waals surface area (Å²) < 4.78 is 94.7. The first-order valence-corrected chi connectivity index (χ1v) is 16.6. The highest BCUT2D eigenvalue weighted by Gasteiger charge is 2.40. The number of nitrogens with one attached hydrogen (secondary N) is 1. The first-order chi connectivity index (χ1) is 24.8. The quantitative estimate of drug-likeness (QED) is 0.185. The summed E-state index contributed by atoms with van der Waals surface area (Å²) in [4.78, 5) is 13.9. The number of methoxy groups -OCH3 is 2. The third-order valence-electron chi connectivity index (χ3n) is 8.68. The molecule has 0 unspecified atom stereocenters. The Kier molecular flexibility index (Phi) is 10.5. The van der Waals surface area contributed by atoms with Gasteiger partial charge in [-0.05, 0) is 79.6 Å². The Hall–Kier alpha value is -5.08. The lowest BCUT2D eigenvalue weighted by atomic mass is 9.98. The standard InChI is InChI=1S/C37H36ClF5N6O3/c1-21-16-27(49(17-22-6-10-24(50-4)11-7-22)18-23-8-12-25(51-5)13-9-23)46-33(30(21)37(41,42)43)28-31(39)34-29-35(32(28)40)52-26(38)19-48(15-14-47(2)3)36(29)45-20-44-34/h6-13,16,19,45H,14-15,17-18,20H2,1-5H3. The molecule has 2 aliphatic heterocycles. The largest absolute Gasteiger partial charge is 0.497 e. The minimum Gasteiger partial charge on any atom is -0.497 e. The SMILES string of the molecule is COc1ccc(CN(Cc2ccc(OC)cc2)c2cc(C)c(C(F)(F)F)c(-c3c(F)c4c5c(c3F)=NCNC=5N(CCN(C)C)C=C(Cl)O4)n2)cc1. The van der Waals surface area contributed by atoms with Crippen molar-refractivity contribution < 1.29 is 36.2 Å². The highest BCUT2D eigenvalue weighted by molar-refractivity contribution is 6.28. The zero-order valence-electron chi connectivity index (χ0n) is 29.0. The third-order valence-corrected chi connectivity index (χ3v) is 8.85. The molecule has 3 heterocycles. The van der Waals surface area contributed by atoms with Gasteiger partial charge in [-0.25, -0.2) is 13.8 Å². The number of aromatic nitrogens is 1. The van der Waals surface area contributed by atoms with E-state index in [0.29, 0.717) is 24.6 Å². The molecule has 0 amide bonds. The van der Waals surface area contributed by atoms with Gasteiger partial charge in [0.15, 0.2) is 17.4 Å². The molecule has 0 fully saturated rings. The van der Waals surface area contributed by atoms with Crippen molar-refractivity contribution in [1.82, 2.24) is 20.1 Å². The smallest absolute Gasteiger partial charge is 0.418 e. The van der Waals surface area contributed by atoms with Gasteiger partial charge in [0.25, 0.3) is 0 Å². The number of likely N-dealkylation sites (N-methyl/N-ethyl adjacent to an activating group) is 1. The number of benzene rings is 3. The topological polar surface area (TPSA) is 74.7 Å². The van der Waals surface area contributed by atoms with E-state index in [1.54, 1.807) is 34.1 Å².